The molecular formula is C19H21NO4S. The molecule has 25 heavy (non-hydrogen) atoms. The summed E-state index contributed by atoms with van der Waals surface area (Å²) in [4.78, 5) is 22.6. The topological polar surface area (TPSA) is 75.6 Å². The Morgan fingerprint density at radius 1 is 1.12 bits per heavy atom. The summed E-state index contributed by atoms with van der Waals surface area (Å²) in [6, 6.07) is 13.1. The van der Waals surface area contributed by atoms with E-state index in [-0.39, 0.29) is 18.3 Å². The second-order valence-electron chi connectivity index (χ2n) is 5.67. The van der Waals surface area contributed by atoms with Gasteiger partial charge in [0.05, 0.1) is 5.75 Å². The van der Waals surface area contributed by atoms with Crippen molar-refractivity contribution >= 4 is 29.3 Å². The number of carbonyl (C=O) groups is 2. The van der Waals surface area contributed by atoms with Gasteiger partial charge in [-0.2, -0.15) is 0 Å². The highest BCUT2D eigenvalue weighted by Gasteiger charge is 2.06. The quantitative estimate of drug-likeness (QED) is 0.753. The average molecular weight is 359 g/mol. The third-order valence-electron chi connectivity index (χ3n) is 3.55. The Morgan fingerprint density at radius 2 is 1.92 bits per heavy atom. The van der Waals surface area contributed by atoms with Crippen LogP contribution in [0.3, 0.4) is 0 Å². The van der Waals surface area contributed by atoms with Gasteiger partial charge in [-0.3, -0.25) is 9.59 Å². The summed E-state index contributed by atoms with van der Waals surface area (Å²) in [5.74, 6) is 0.221. The molecule has 0 aliphatic heterocycles. The number of anilines is 1. The van der Waals surface area contributed by atoms with Crippen LogP contribution >= 0.6 is 11.8 Å². The lowest BCUT2D eigenvalue weighted by molar-refractivity contribution is -0.133. The average Bonchev–Trinajstić information content (AvgIpc) is 2.56. The summed E-state index contributed by atoms with van der Waals surface area (Å²) in [6.45, 7) is 3.95. The third-order valence-corrected chi connectivity index (χ3v) is 4.54. The Kier molecular flexibility index (Phi) is 6.89. The minimum absolute atomic E-state index is 0.0559. The number of ether oxygens (including phenoxy) is 1. The molecule has 6 heteroatoms. The molecule has 2 N–H and O–H groups in total. The van der Waals surface area contributed by atoms with Gasteiger partial charge in [-0.05, 0) is 54.8 Å². The van der Waals surface area contributed by atoms with Crippen molar-refractivity contribution in [2.75, 3.05) is 17.7 Å². The van der Waals surface area contributed by atoms with E-state index in [9.17, 15) is 9.59 Å². The zero-order chi connectivity index (χ0) is 18.2. The summed E-state index contributed by atoms with van der Waals surface area (Å²) in [5.41, 5.74) is 3.92. The van der Waals surface area contributed by atoms with Gasteiger partial charge < -0.3 is 15.2 Å². The summed E-state index contributed by atoms with van der Waals surface area (Å²) in [6.07, 6.45) is 0. The Balaban J connectivity index is 1.85. The van der Waals surface area contributed by atoms with E-state index in [0.29, 0.717) is 17.2 Å². The van der Waals surface area contributed by atoms with Crippen LogP contribution in [0, 0.1) is 13.8 Å². The zero-order valence-electron chi connectivity index (χ0n) is 14.2. The minimum atomic E-state index is -0.835. The molecular weight excluding hydrogens is 338 g/mol. The number of benzene rings is 2. The number of thioether (sulfide) groups is 1. The van der Waals surface area contributed by atoms with Crippen LogP contribution in [0.5, 0.6) is 5.75 Å². The van der Waals surface area contributed by atoms with Gasteiger partial charge in [-0.1, -0.05) is 18.2 Å². The SMILES string of the molecule is Cc1ccc(OCC(=O)Nc2cccc(CSCC(=O)O)c2)cc1C. The highest BCUT2D eigenvalue weighted by molar-refractivity contribution is 7.99. The lowest BCUT2D eigenvalue weighted by Crippen LogP contribution is -2.20. The molecule has 0 aliphatic rings. The maximum absolute atomic E-state index is 12.0. The van der Waals surface area contributed by atoms with Gasteiger partial charge >= 0.3 is 5.97 Å². The molecule has 0 aliphatic carbocycles. The Morgan fingerprint density at radius 3 is 2.64 bits per heavy atom. The van der Waals surface area contributed by atoms with E-state index in [2.05, 4.69) is 5.32 Å². The van der Waals surface area contributed by atoms with Gasteiger partial charge in [0.15, 0.2) is 6.61 Å². The molecule has 2 rings (SSSR count). The summed E-state index contributed by atoms with van der Waals surface area (Å²) in [7, 11) is 0. The van der Waals surface area contributed by atoms with Gasteiger partial charge in [0.1, 0.15) is 5.75 Å². The van der Waals surface area contributed by atoms with Crippen LogP contribution in [0.15, 0.2) is 42.5 Å². The van der Waals surface area contributed by atoms with E-state index in [1.807, 2.05) is 50.2 Å². The van der Waals surface area contributed by atoms with Crippen LogP contribution in [0.4, 0.5) is 5.69 Å². The molecule has 0 saturated carbocycles. The zero-order valence-corrected chi connectivity index (χ0v) is 15.1. The van der Waals surface area contributed by atoms with E-state index in [1.165, 1.54) is 17.3 Å². The second kappa shape index (κ2) is 9.13. The number of aryl methyl sites for hydroxylation is 2. The molecule has 0 fully saturated rings. The third kappa shape index (κ3) is 6.51. The summed E-state index contributed by atoms with van der Waals surface area (Å²) in [5, 5.41) is 11.4. The number of hydrogen-bond acceptors (Lipinski definition) is 4. The molecule has 0 unspecified atom stereocenters. The molecule has 0 bridgehead atoms. The first-order valence-corrected chi connectivity index (χ1v) is 8.98. The van der Waals surface area contributed by atoms with Gasteiger partial charge in [-0.15, -0.1) is 11.8 Å². The lowest BCUT2D eigenvalue weighted by atomic mass is 10.1. The Labute approximate surface area is 151 Å². The number of carboxylic acid groups (broad SMARTS) is 1. The molecule has 2 aromatic rings. The van der Waals surface area contributed by atoms with Crippen LogP contribution < -0.4 is 10.1 Å². The number of nitrogens with one attached hydrogen (secondary N) is 1. The van der Waals surface area contributed by atoms with E-state index in [0.717, 1.165) is 11.1 Å². The van der Waals surface area contributed by atoms with Gasteiger partial charge in [0.2, 0.25) is 0 Å². The largest absolute Gasteiger partial charge is 0.484 e. The maximum atomic E-state index is 12.0. The summed E-state index contributed by atoms with van der Waals surface area (Å²) >= 11 is 1.32. The number of amides is 1. The minimum Gasteiger partial charge on any atom is -0.484 e. The number of carboxylic acids is 1. The maximum Gasteiger partial charge on any atom is 0.313 e. The molecule has 0 aromatic heterocycles. The predicted octanol–water partition coefficient (Wildman–Crippen LogP) is 3.64. The first kappa shape index (κ1) is 18.9. The molecule has 2 aromatic carbocycles. The van der Waals surface area contributed by atoms with Crippen molar-refractivity contribution in [3.8, 4) is 5.75 Å². The van der Waals surface area contributed by atoms with Crippen molar-refractivity contribution in [3.63, 3.8) is 0 Å². The predicted molar refractivity (Wildman–Crippen MR) is 100 cm³/mol. The first-order valence-electron chi connectivity index (χ1n) is 7.82. The fourth-order valence-electron chi connectivity index (χ4n) is 2.14. The Bertz CT molecular complexity index is 761. The van der Waals surface area contributed by atoms with Crippen molar-refractivity contribution < 1.29 is 19.4 Å². The molecule has 0 heterocycles. The highest BCUT2D eigenvalue weighted by atomic mass is 32.2. The van der Waals surface area contributed by atoms with Crippen molar-refractivity contribution in [1.29, 1.82) is 0 Å². The normalized spacial score (nSPS) is 10.3. The van der Waals surface area contributed by atoms with Crippen LogP contribution in [-0.4, -0.2) is 29.3 Å². The van der Waals surface area contributed by atoms with Crippen molar-refractivity contribution in [2.45, 2.75) is 19.6 Å². The fraction of sp³-hybridized carbons (Fsp3) is 0.263. The summed E-state index contributed by atoms with van der Waals surface area (Å²) < 4.78 is 5.52. The van der Waals surface area contributed by atoms with Crippen LogP contribution in [0.1, 0.15) is 16.7 Å². The smallest absolute Gasteiger partial charge is 0.313 e. The van der Waals surface area contributed by atoms with E-state index in [1.54, 1.807) is 6.07 Å². The van der Waals surface area contributed by atoms with E-state index < -0.39 is 5.97 Å². The Hall–Kier alpha value is -2.47. The van der Waals surface area contributed by atoms with E-state index in [4.69, 9.17) is 9.84 Å². The second-order valence-corrected chi connectivity index (χ2v) is 6.66. The molecule has 0 atom stereocenters. The van der Waals surface area contributed by atoms with Gasteiger partial charge in [-0.25, -0.2) is 0 Å². The number of aliphatic carboxylic acids is 1. The monoisotopic (exact) mass is 359 g/mol. The van der Waals surface area contributed by atoms with Crippen molar-refractivity contribution in [3.05, 3.63) is 59.2 Å². The standard InChI is InChI=1S/C19H21NO4S/c1-13-6-7-17(8-14(13)2)24-10-18(21)20-16-5-3-4-15(9-16)11-25-12-19(22)23/h3-9H,10-12H2,1-2H3,(H,20,21)(H,22,23). The molecule has 5 nitrogen and oxygen atoms in total. The van der Waals surface area contributed by atoms with Gasteiger partial charge in [0, 0.05) is 11.4 Å². The first-order chi connectivity index (χ1) is 11.9. The fourth-order valence-corrected chi connectivity index (χ4v) is 2.84. The van der Waals surface area contributed by atoms with Gasteiger partial charge in [0.25, 0.3) is 5.91 Å². The van der Waals surface area contributed by atoms with E-state index >= 15 is 0 Å². The van der Waals surface area contributed by atoms with Crippen molar-refractivity contribution in [2.24, 2.45) is 0 Å². The number of hydrogen-bond donors (Lipinski definition) is 2. The van der Waals surface area contributed by atoms with Crippen LogP contribution in [0.2, 0.25) is 0 Å². The lowest BCUT2D eigenvalue weighted by Gasteiger charge is -2.10. The molecule has 0 saturated heterocycles. The molecule has 0 spiro atoms. The van der Waals surface area contributed by atoms with Crippen LogP contribution in [0.25, 0.3) is 0 Å². The molecule has 0 radical (unpaired) electrons. The number of carbonyl (C=O) groups excluding carboxylic acids is 1. The molecule has 132 valence electrons. The van der Waals surface area contributed by atoms with Crippen LogP contribution in [-0.2, 0) is 15.3 Å². The number of rotatable bonds is 8. The van der Waals surface area contributed by atoms with Crippen molar-refractivity contribution in [1.82, 2.24) is 0 Å². The molecule has 1 amide bonds. The highest BCUT2D eigenvalue weighted by Crippen LogP contribution is 2.18.